The highest BCUT2D eigenvalue weighted by molar-refractivity contribution is 7.90. The molecule has 9 aromatic rings. The van der Waals surface area contributed by atoms with Crippen molar-refractivity contribution in [2.45, 2.75) is 264 Å². The van der Waals surface area contributed by atoms with Crippen LogP contribution in [0.4, 0.5) is 0 Å². The maximum atomic E-state index is 13.3. The summed E-state index contributed by atoms with van der Waals surface area (Å²) in [4.78, 5) is 61.8. The molecule has 148 heavy (non-hydrogen) atoms. The van der Waals surface area contributed by atoms with Gasteiger partial charge >= 0.3 is 0 Å². The smallest absolute Gasteiger partial charge is 0.251 e. The van der Waals surface area contributed by atoms with Gasteiger partial charge in [-0.3, -0.25) is 29.0 Å². The summed E-state index contributed by atoms with van der Waals surface area (Å²) in [6.07, 6.45) is 6.97. The maximum absolute atomic E-state index is 13.3. The van der Waals surface area contributed by atoms with Gasteiger partial charge in [-0.25, -0.2) is 52.6 Å². The number of rotatable bonds is 33. The molecular formula is C112H148N12O20S4. The van der Waals surface area contributed by atoms with Gasteiger partial charge in [0.05, 0.1) is 57.0 Å². The minimum Gasteiger partial charge on any atom is -0.487 e. The zero-order valence-corrected chi connectivity index (χ0v) is 90.7. The van der Waals surface area contributed by atoms with Crippen molar-refractivity contribution < 1.29 is 91.9 Å². The van der Waals surface area contributed by atoms with Crippen LogP contribution in [0, 0.1) is 5.92 Å². The second kappa shape index (κ2) is 48.8. The van der Waals surface area contributed by atoms with Crippen LogP contribution in [0.1, 0.15) is 251 Å². The number of benzene rings is 9. The first-order valence-corrected chi connectivity index (χ1v) is 57.7. The fourth-order valence-corrected chi connectivity index (χ4v) is 24.8. The number of nitrogens with one attached hydrogen (secondary N) is 8. The van der Waals surface area contributed by atoms with Crippen LogP contribution >= 0.6 is 0 Å². The minimum absolute atomic E-state index is 0.00779. The lowest BCUT2D eigenvalue weighted by molar-refractivity contribution is -0.0603. The zero-order valence-electron chi connectivity index (χ0n) is 87.4. The number of morpholine rings is 1. The number of aliphatic hydroxyl groups excluding tert-OH is 3. The Hall–Kier alpha value is -10.6. The fourth-order valence-electron chi connectivity index (χ4n) is 19.9. The summed E-state index contributed by atoms with van der Waals surface area (Å²) >= 11 is 0. The predicted molar refractivity (Wildman–Crippen MR) is 570 cm³/mol. The van der Waals surface area contributed by atoms with Crippen molar-refractivity contribution in [1.82, 2.24) is 59.8 Å². The summed E-state index contributed by atoms with van der Waals surface area (Å²) < 4.78 is 147. The van der Waals surface area contributed by atoms with Gasteiger partial charge in [-0.05, 0) is 308 Å². The first-order chi connectivity index (χ1) is 70.3. The SMILES string of the molecule is CCc1ccc(S(=O)(=O)N[C@@H]2c3cc(C(=O)NC4CCN(Cc5ccccc5)C4)ccc3OC(C)(C)[C@H]2O)cc1.CCc1ccc(S(=O)(=O)N[C@@H]2c3cc(C(=O)NCCC4CCCN4C)ccc3OC(C)(C)[C@H]2O)cc1.CCc1ccc(S(=O)(=O)N[C@@H]2c3cc(C(=O)NCCCN4CCOCC4)ccc3OC(C)(C)[C@H]2O)cc1.CCc1ccc(S(=O)(=O)N[C@@H]2c3cc(C(=O)NCCN4CCCC4)ccc3OC(C)(C)[C@H]2C)cc1. The van der Waals surface area contributed by atoms with E-state index in [-0.39, 0.29) is 55.2 Å². The Morgan fingerprint density at radius 3 is 1.10 bits per heavy atom. The van der Waals surface area contributed by atoms with E-state index < -0.39 is 105 Å². The Kier molecular flexibility index (Phi) is 37.2. The number of hydrogen-bond acceptors (Lipinski definition) is 24. The fraction of sp³-hybridized carbons (Fsp3) is 0.482. The van der Waals surface area contributed by atoms with Gasteiger partial charge in [0, 0.05) is 121 Å². The summed E-state index contributed by atoms with van der Waals surface area (Å²) in [6.45, 7) is 36.5. The van der Waals surface area contributed by atoms with Crippen LogP contribution in [0.3, 0.4) is 0 Å². The Morgan fingerprint density at radius 2 is 0.723 bits per heavy atom. The van der Waals surface area contributed by atoms with E-state index >= 15 is 0 Å². The summed E-state index contributed by atoms with van der Waals surface area (Å²) in [5, 5.41) is 45.4. The molecule has 17 rings (SSSR count). The zero-order chi connectivity index (χ0) is 106. The Bertz CT molecular complexity index is 6570. The van der Waals surface area contributed by atoms with Crippen LogP contribution in [-0.2, 0) is 77.1 Å². The standard InChI is InChI=1S/C31H37N3O5S.C27H37N3O6S.C27H37N3O5S.C27H37N3O4S/c1-4-21-10-13-25(14-11-21)40(37,38)33-28-26-18-23(12-15-27(26)39-31(2,3)29(28)35)30(36)32-24-16-17-34(20-24)19-22-8-6-5-7-9-22;1-4-19-6-9-21(10-7-19)37(33,34)29-24-22-18-20(8-11-23(22)36-27(2,3)25(24)31)26(32)28-12-5-13-30-14-16-35-17-15-30;1-5-18-8-11-21(12-9-18)36(33,34)29-24-22-17-19(10-13-23(22)35-27(2,3)25(24)31)26(32)28-15-14-20-7-6-16-30(20)4;1-5-20-8-11-22(12-9-20)35(32,33)29-25-19(2)27(3,4)34-24-13-10-21(18-23(24)25)26(31)28-14-17-30-15-6-7-16-30/h5-15,18,24,28-29,33,35H,4,16-17,19-20H2,1-3H3,(H,32,36);6-11,18,24-25,29,31H,4-5,12-17H2,1-3H3,(H,28,32);8-13,17,20,24-25,29,31H,5-7,14-16H2,1-4H3,(H,28,32);8-13,18-19,25,29H,5-7,14-17H2,1-4H3,(H,28,31)/t24?,28-,29+;24-,25+;20?,24-,25+;19-,25-/m1110/s1. The van der Waals surface area contributed by atoms with E-state index in [0.29, 0.717) is 93.2 Å². The minimum atomic E-state index is -3.97. The summed E-state index contributed by atoms with van der Waals surface area (Å²) in [7, 11) is -13.5. The number of hydrogen-bond donors (Lipinski definition) is 11. The molecule has 0 aromatic heterocycles. The lowest BCUT2D eigenvalue weighted by atomic mass is 9.80. The van der Waals surface area contributed by atoms with E-state index in [1.54, 1.807) is 199 Å². The van der Waals surface area contributed by atoms with Crippen molar-refractivity contribution in [2.24, 2.45) is 5.92 Å². The lowest BCUT2D eigenvalue weighted by Gasteiger charge is -2.43. The van der Waals surface area contributed by atoms with Gasteiger partial charge in [0.1, 0.15) is 63.7 Å². The third-order valence-corrected chi connectivity index (χ3v) is 35.4. The van der Waals surface area contributed by atoms with Crippen LogP contribution in [0.25, 0.3) is 0 Å². The number of likely N-dealkylation sites (tertiary alicyclic amines) is 3. The molecule has 0 bridgehead atoms. The molecule has 8 heterocycles. The molecule has 2 unspecified atom stereocenters. The van der Waals surface area contributed by atoms with E-state index in [1.165, 1.54) is 24.8 Å². The first-order valence-electron chi connectivity index (χ1n) is 51.7. The summed E-state index contributed by atoms with van der Waals surface area (Å²) in [5.41, 5.74) is 5.25. The molecule has 10 atom stereocenters. The van der Waals surface area contributed by atoms with Crippen molar-refractivity contribution in [3.63, 3.8) is 0 Å². The van der Waals surface area contributed by atoms with Gasteiger partial charge in [-0.15, -0.1) is 0 Å². The third kappa shape index (κ3) is 28.2. The average molecular weight is 2110 g/mol. The molecular weight excluding hydrogens is 1960 g/mol. The Balaban J connectivity index is 0.000000156. The lowest BCUT2D eigenvalue weighted by Crippen LogP contribution is -2.53. The van der Waals surface area contributed by atoms with Crippen molar-refractivity contribution in [1.29, 1.82) is 0 Å². The summed E-state index contributed by atoms with van der Waals surface area (Å²) in [6, 6.07) is 54.3. The van der Waals surface area contributed by atoms with Gasteiger partial charge in [0.15, 0.2) is 0 Å². The van der Waals surface area contributed by atoms with Crippen molar-refractivity contribution in [3.05, 3.63) is 273 Å². The molecule has 0 aliphatic carbocycles. The van der Waals surface area contributed by atoms with Crippen LogP contribution in [0.15, 0.2) is 220 Å². The Labute approximate surface area is 873 Å². The van der Waals surface area contributed by atoms with Gasteiger partial charge < -0.3 is 70.1 Å². The normalized spacial score (nSPS) is 22.4. The second-order valence-electron chi connectivity index (χ2n) is 41.7. The molecule has 0 spiro atoms. The van der Waals surface area contributed by atoms with Gasteiger partial charge in [-0.2, -0.15) is 0 Å². The molecule has 9 aromatic carbocycles. The number of amides is 4. The molecule has 0 radical (unpaired) electrons. The van der Waals surface area contributed by atoms with Crippen LogP contribution < -0.4 is 59.1 Å². The van der Waals surface area contributed by atoms with E-state index in [0.717, 1.165) is 152 Å². The topological polar surface area (TPSA) is 421 Å². The second-order valence-corrected chi connectivity index (χ2v) is 48.6. The molecule has 32 nitrogen and oxygen atoms in total. The van der Waals surface area contributed by atoms with Crippen molar-refractivity contribution >= 4 is 63.7 Å². The number of carbonyl (C=O) groups is 4. The highest BCUT2D eigenvalue weighted by atomic mass is 32.2. The van der Waals surface area contributed by atoms with Crippen molar-refractivity contribution in [3.8, 4) is 23.0 Å². The van der Waals surface area contributed by atoms with E-state index in [2.05, 4.69) is 78.9 Å². The molecule has 800 valence electrons. The highest BCUT2D eigenvalue weighted by Gasteiger charge is 2.50. The van der Waals surface area contributed by atoms with E-state index in [4.69, 9.17) is 23.7 Å². The number of carbonyl (C=O) groups excluding carboxylic acids is 4. The predicted octanol–water partition coefficient (Wildman–Crippen LogP) is 13.0. The van der Waals surface area contributed by atoms with Crippen LogP contribution in [-0.4, -0.2) is 244 Å². The molecule has 36 heteroatoms. The molecule has 4 saturated heterocycles. The van der Waals surface area contributed by atoms with Crippen LogP contribution in [0.2, 0.25) is 0 Å². The monoisotopic (exact) mass is 2110 g/mol. The number of nitrogens with zero attached hydrogens (tertiary/aromatic N) is 4. The maximum Gasteiger partial charge on any atom is 0.251 e. The average Bonchev–Trinajstić information content (AvgIpc) is 0.831. The van der Waals surface area contributed by atoms with E-state index in [1.807, 2.05) is 78.8 Å². The molecule has 8 aliphatic heterocycles. The molecule has 8 aliphatic rings. The van der Waals surface area contributed by atoms with Crippen LogP contribution in [0.5, 0.6) is 23.0 Å². The first kappa shape index (κ1) is 113. The summed E-state index contributed by atoms with van der Waals surface area (Å²) in [5.74, 6) is 0.790. The number of aryl methyl sites for hydroxylation is 4. The van der Waals surface area contributed by atoms with E-state index in [9.17, 15) is 68.2 Å². The molecule has 4 fully saturated rings. The molecule has 11 N–H and O–H groups in total. The molecule has 0 saturated carbocycles. The van der Waals surface area contributed by atoms with Gasteiger partial charge in [0.25, 0.3) is 23.6 Å². The number of aliphatic hydroxyl groups is 3. The largest absolute Gasteiger partial charge is 0.487 e. The Morgan fingerprint density at radius 1 is 0.372 bits per heavy atom. The number of fused-ring (bicyclic) bond motifs is 4. The number of ether oxygens (including phenoxy) is 5. The quantitative estimate of drug-likeness (QED) is 0.0170. The third-order valence-electron chi connectivity index (χ3n) is 29.5. The highest BCUT2D eigenvalue weighted by Crippen LogP contribution is 2.48. The van der Waals surface area contributed by atoms with Gasteiger partial charge in [-0.1, -0.05) is 113 Å². The van der Waals surface area contributed by atoms with Gasteiger partial charge in [0.2, 0.25) is 40.1 Å². The molecule has 4 amide bonds. The number of sulfonamides is 4. The van der Waals surface area contributed by atoms with Crippen molar-refractivity contribution in [2.75, 3.05) is 98.8 Å².